The fraction of sp³-hybridized carbons (Fsp3) is 0.667. The highest BCUT2D eigenvalue weighted by Crippen LogP contribution is 2.48. The summed E-state index contributed by atoms with van der Waals surface area (Å²) in [6.07, 6.45) is -0.210. The molecule has 2 aromatic rings. The summed E-state index contributed by atoms with van der Waals surface area (Å²) in [4.78, 5) is 28.2. The van der Waals surface area contributed by atoms with Gasteiger partial charge in [0.2, 0.25) is 0 Å². The molecule has 1 unspecified atom stereocenters. The van der Waals surface area contributed by atoms with E-state index in [1.54, 1.807) is 6.20 Å². The molecule has 0 bridgehead atoms. The zero-order valence-corrected chi connectivity index (χ0v) is 34.2. The molecule has 0 N–H and O–H groups in total. The van der Waals surface area contributed by atoms with Crippen LogP contribution in [0, 0.1) is 11.5 Å². The standard InChI is InChI=1S/C36H58N2O7Si3/c1-13-20-41-33-32-31(24-42-47(25(2)3,26(4)5)45-48(44-32,27(6)7)28(8)9)43-35(33)38-23-30(19-21-46(10,11)12)34(39)37(36(38)40)22-29-17-15-14-16-18-29/h14-18,23,25-28,31-33,35H,13,20,22,24H2,1-12H3/t31-,32+,33?,35-/m1/s1. The second-order valence-corrected chi connectivity index (χ2v) is 29.2. The van der Waals surface area contributed by atoms with E-state index in [1.807, 2.05) is 30.3 Å². The lowest BCUT2D eigenvalue weighted by molar-refractivity contribution is -0.0736. The van der Waals surface area contributed by atoms with Crippen LogP contribution in [-0.4, -0.2) is 65.9 Å². The van der Waals surface area contributed by atoms with Crippen molar-refractivity contribution >= 4 is 25.2 Å². The smallest absolute Gasteiger partial charge is 0.335 e. The number of rotatable bonds is 10. The maximum absolute atomic E-state index is 14.4. The summed E-state index contributed by atoms with van der Waals surface area (Å²) in [6, 6.07) is 9.52. The van der Waals surface area contributed by atoms with Crippen LogP contribution >= 0.6 is 0 Å². The van der Waals surface area contributed by atoms with Crippen LogP contribution in [0.2, 0.25) is 41.8 Å². The first-order valence-corrected chi connectivity index (χ1v) is 25.1. The van der Waals surface area contributed by atoms with E-state index in [9.17, 15) is 9.59 Å². The SMILES string of the molecule is CCCOC1[C@H]2O[Si](C(C)C)(C(C)C)O[Si](C(C)C)(C(C)C)OC[C@H]2O[C@H]1n1cc(C#C[Si](C)(C)C)c(=O)n(Cc2ccccc2)c1=O. The van der Waals surface area contributed by atoms with E-state index in [4.69, 9.17) is 22.4 Å². The van der Waals surface area contributed by atoms with E-state index in [1.165, 1.54) is 9.13 Å². The summed E-state index contributed by atoms with van der Waals surface area (Å²) in [7, 11) is -7.65. The molecule has 1 aromatic carbocycles. The minimum absolute atomic E-state index is 0.113. The molecule has 2 fully saturated rings. The molecule has 4 atom stereocenters. The molecule has 1 aromatic heterocycles. The molecule has 3 heterocycles. The highest BCUT2D eigenvalue weighted by molar-refractivity contribution is 6.84. The van der Waals surface area contributed by atoms with E-state index in [-0.39, 0.29) is 40.9 Å². The van der Waals surface area contributed by atoms with E-state index in [0.29, 0.717) is 6.61 Å². The minimum atomic E-state index is -2.99. The summed E-state index contributed by atoms with van der Waals surface area (Å²) in [5.74, 6) is 3.15. The highest BCUT2D eigenvalue weighted by Gasteiger charge is 2.62. The Morgan fingerprint density at radius 2 is 1.54 bits per heavy atom. The predicted octanol–water partition coefficient (Wildman–Crippen LogP) is 6.94. The predicted molar refractivity (Wildman–Crippen MR) is 198 cm³/mol. The first-order chi connectivity index (χ1) is 22.5. The minimum Gasteiger partial charge on any atom is -0.414 e. The second-order valence-electron chi connectivity index (χ2n) is 15.6. The fourth-order valence-corrected chi connectivity index (χ4v) is 18.5. The van der Waals surface area contributed by atoms with Crippen LogP contribution in [0.1, 0.15) is 86.1 Å². The van der Waals surface area contributed by atoms with E-state index >= 15 is 0 Å². The van der Waals surface area contributed by atoms with Crippen LogP contribution in [0.3, 0.4) is 0 Å². The Morgan fingerprint density at radius 3 is 2.08 bits per heavy atom. The Bertz CT molecular complexity index is 1550. The lowest BCUT2D eigenvalue weighted by atomic mass is 10.1. The number of nitrogens with zero attached hydrogens (tertiary/aromatic N) is 2. The van der Waals surface area contributed by atoms with Crippen LogP contribution in [-0.2, 0) is 29.0 Å². The van der Waals surface area contributed by atoms with Crippen molar-refractivity contribution in [2.45, 2.75) is 142 Å². The van der Waals surface area contributed by atoms with Crippen molar-refractivity contribution in [1.29, 1.82) is 0 Å². The average Bonchev–Trinajstić information content (AvgIpc) is 3.32. The van der Waals surface area contributed by atoms with Crippen LogP contribution in [0.5, 0.6) is 0 Å². The lowest BCUT2D eigenvalue weighted by Gasteiger charge is -2.51. The Hall–Kier alpha value is -2.09. The van der Waals surface area contributed by atoms with Gasteiger partial charge in [0, 0.05) is 12.8 Å². The normalized spacial score (nSPS) is 24.0. The van der Waals surface area contributed by atoms with Gasteiger partial charge in [-0.25, -0.2) is 4.79 Å². The third-order valence-corrected chi connectivity index (χ3v) is 20.5. The third-order valence-electron chi connectivity index (χ3n) is 9.36. The van der Waals surface area contributed by atoms with Crippen LogP contribution in [0.25, 0.3) is 0 Å². The molecule has 4 rings (SSSR count). The third kappa shape index (κ3) is 7.94. The van der Waals surface area contributed by atoms with E-state index in [0.717, 1.165) is 12.0 Å². The summed E-state index contributed by atoms with van der Waals surface area (Å²) in [6.45, 7) is 26.8. The van der Waals surface area contributed by atoms with Crippen molar-refractivity contribution in [1.82, 2.24) is 9.13 Å². The van der Waals surface area contributed by atoms with Crippen LogP contribution < -0.4 is 11.2 Å². The zero-order valence-electron chi connectivity index (χ0n) is 31.2. The Kier molecular flexibility index (Phi) is 12.4. The number of hydrogen-bond donors (Lipinski definition) is 0. The Morgan fingerprint density at radius 1 is 0.938 bits per heavy atom. The van der Waals surface area contributed by atoms with Gasteiger partial charge in [-0.05, 0) is 34.1 Å². The summed E-state index contributed by atoms with van der Waals surface area (Å²) >= 11 is 0. The van der Waals surface area contributed by atoms with Gasteiger partial charge in [0.25, 0.3) is 5.56 Å². The van der Waals surface area contributed by atoms with Gasteiger partial charge in [-0.2, -0.15) is 0 Å². The molecule has 266 valence electrons. The summed E-state index contributed by atoms with van der Waals surface area (Å²) in [5, 5.41) is 0. The van der Waals surface area contributed by atoms with Crippen LogP contribution in [0.4, 0.5) is 0 Å². The molecular weight excluding hydrogens is 657 g/mol. The van der Waals surface area contributed by atoms with Gasteiger partial charge >= 0.3 is 22.8 Å². The first kappa shape index (κ1) is 38.7. The molecule has 12 heteroatoms. The molecule has 9 nitrogen and oxygen atoms in total. The topological polar surface area (TPSA) is 90.2 Å². The molecule has 0 spiro atoms. The molecule has 2 aliphatic rings. The van der Waals surface area contributed by atoms with Crippen molar-refractivity contribution < 1.29 is 22.4 Å². The van der Waals surface area contributed by atoms with Gasteiger partial charge in [0.15, 0.2) is 6.23 Å². The molecule has 48 heavy (non-hydrogen) atoms. The van der Waals surface area contributed by atoms with Gasteiger partial charge in [-0.1, -0.05) is 118 Å². The van der Waals surface area contributed by atoms with Gasteiger partial charge in [-0.3, -0.25) is 13.9 Å². The first-order valence-electron chi connectivity index (χ1n) is 17.7. The average molecular weight is 715 g/mol. The molecule has 2 saturated heterocycles. The number of ether oxygens (including phenoxy) is 2. The maximum Gasteiger partial charge on any atom is 0.335 e. The summed E-state index contributed by atoms with van der Waals surface area (Å²) in [5.41, 5.74) is 4.14. The Labute approximate surface area is 290 Å². The van der Waals surface area contributed by atoms with E-state index < -0.39 is 61.0 Å². The lowest BCUT2D eigenvalue weighted by Crippen LogP contribution is -2.66. The maximum atomic E-state index is 14.4. The quantitative estimate of drug-likeness (QED) is 0.195. The molecule has 0 amide bonds. The van der Waals surface area contributed by atoms with Crippen molar-refractivity contribution in [3.8, 4) is 11.5 Å². The van der Waals surface area contributed by atoms with Gasteiger partial charge in [0.1, 0.15) is 31.9 Å². The van der Waals surface area contributed by atoms with Gasteiger partial charge in [-0.15, -0.1) is 5.54 Å². The summed E-state index contributed by atoms with van der Waals surface area (Å²) < 4.78 is 38.0. The zero-order chi connectivity index (χ0) is 35.6. The number of fused-ring (bicyclic) bond motifs is 1. The monoisotopic (exact) mass is 714 g/mol. The van der Waals surface area contributed by atoms with Crippen molar-refractivity contribution in [3.63, 3.8) is 0 Å². The molecule has 0 saturated carbocycles. The number of hydrogen-bond acceptors (Lipinski definition) is 7. The van der Waals surface area contributed by atoms with Crippen LogP contribution in [0.15, 0.2) is 46.1 Å². The second kappa shape index (κ2) is 15.4. The van der Waals surface area contributed by atoms with Crippen molar-refractivity contribution in [3.05, 3.63) is 68.5 Å². The molecule has 2 aliphatic heterocycles. The largest absolute Gasteiger partial charge is 0.414 e. The highest BCUT2D eigenvalue weighted by atomic mass is 28.5. The molecule has 0 radical (unpaired) electrons. The number of benzene rings is 1. The molecular formula is C36H58N2O7Si3. The Balaban J connectivity index is 1.93. The van der Waals surface area contributed by atoms with Gasteiger partial charge < -0.3 is 22.4 Å². The number of aromatic nitrogens is 2. The van der Waals surface area contributed by atoms with Crippen molar-refractivity contribution in [2.75, 3.05) is 13.2 Å². The van der Waals surface area contributed by atoms with Gasteiger partial charge in [0.05, 0.1) is 13.2 Å². The van der Waals surface area contributed by atoms with Crippen molar-refractivity contribution in [2.24, 2.45) is 0 Å². The molecule has 0 aliphatic carbocycles. The fourth-order valence-electron chi connectivity index (χ4n) is 6.83. The van der Waals surface area contributed by atoms with E-state index in [2.05, 4.69) is 93.4 Å².